The van der Waals surface area contributed by atoms with E-state index in [1.165, 1.54) is 6.92 Å². The van der Waals surface area contributed by atoms with Crippen molar-refractivity contribution in [2.45, 2.75) is 26.7 Å². The molecule has 0 heterocycles. The van der Waals surface area contributed by atoms with Gasteiger partial charge in [-0.15, -0.1) is 12.4 Å². The van der Waals surface area contributed by atoms with Crippen LogP contribution in [0.4, 0.5) is 4.79 Å². The fraction of sp³-hybridized carbons (Fsp3) is 0.714. The number of hydrogen-bond acceptors (Lipinski definition) is 2. The van der Waals surface area contributed by atoms with Gasteiger partial charge in [0, 0.05) is 13.5 Å². The SMILES string of the molecule is CCCCN(C(C)=O)C(=O)O.Cl. The summed E-state index contributed by atoms with van der Waals surface area (Å²) in [5.74, 6) is -0.411. The molecular weight excluding hydrogens is 182 g/mol. The van der Waals surface area contributed by atoms with Gasteiger partial charge < -0.3 is 5.11 Å². The molecule has 0 aromatic carbocycles. The number of carbonyl (C=O) groups excluding carboxylic acids is 1. The van der Waals surface area contributed by atoms with Gasteiger partial charge in [0.25, 0.3) is 0 Å². The zero-order valence-corrected chi connectivity index (χ0v) is 8.06. The van der Waals surface area contributed by atoms with E-state index in [0.29, 0.717) is 6.54 Å². The van der Waals surface area contributed by atoms with Gasteiger partial charge in [-0.25, -0.2) is 9.69 Å². The second-order valence-electron chi connectivity index (χ2n) is 2.31. The van der Waals surface area contributed by atoms with Gasteiger partial charge in [0.05, 0.1) is 0 Å². The van der Waals surface area contributed by atoms with E-state index < -0.39 is 12.0 Å². The van der Waals surface area contributed by atoms with Crippen molar-refractivity contribution in [3.8, 4) is 0 Å². The third-order valence-corrected chi connectivity index (χ3v) is 1.35. The number of carbonyl (C=O) groups is 2. The van der Waals surface area contributed by atoms with Crippen LogP contribution in [0.1, 0.15) is 26.7 Å². The van der Waals surface area contributed by atoms with E-state index in [1.54, 1.807) is 0 Å². The third kappa shape index (κ3) is 4.96. The number of hydrogen-bond donors (Lipinski definition) is 1. The van der Waals surface area contributed by atoms with Crippen LogP contribution >= 0.6 is 12.4 Å². The van der Waals surface area contributed by atoms with E-state index in [9.17, 15) is 9.59 Å². The predicted octanol–water partition coefficient (Wildman–Crippen LogP) is 1.73. The number of halogens is 1. The maximum atomic E-state index is 10.6. The molecule has 2 amide bonds. The van der Waals surface area contributed by atoms with E-state index in [0.717, 1.165) is 17.7 Å². The van der Waals surface area contributed by atoms with Crippen LogP contribution in [0.25, 0.3) is 0 Å². The highest BCUT2D eigenvalue weighted by atomic mass is 35.5. The smallest absolute Gasteiger partial charge is 0.414 e. The van der Waals surface area contributed by atoms with Crippen LogP contribution < -0.4 is 0 Å². The van der Waals surface area contributed by atoms with Crippen LogP contribution in [0.2, 0.25) is 0 Å². The molecule has 0 aliphatic rings. The van der Waals surface area contributed by atoms with Crippen molar-refractivity contribution in [2.24, 2.45) is 0 Å². The molecule has 5 heteroatoms. The number of carboxylic acid groups (broad SMARTS) is 1. The lowest BCUT2D eigenvalue weighted by molar-refractivity contribution is -0.126. The standard InChI is InChI=1S/C7H13NO3.ClH/c1-3-4-5-8(6(2)9)7(10)11;/h3-5H2,1-2H3,(H,10,11);1H. The minimum Gasteiger partial charge on any atom is -0.465 e. The summed E-state index contributed by atoms with van der Waals surface area (Å²) in [7, 11) is 0. The second kappa shape index (κ2) is 6.91. The van der Waals surface area contributed by atoms with Crippen LogP contribution in [0.3, 0.4) is 0 Å². The van der Waals surface area contributed by atoms with Crippen LogP contribution in [-0.4, -0.2) is 28.6 Å². The van der Waals surface area contributed by atoms with Crippen molar-refractivity contribution in [3.63, 3.8) is 0 Å². The molecule has 4 nitrogen and oxygen atoms in total. The van der Waals surface area contributed by atoms with Crippen LogP contribution in [0.15, 0.2) is 0 Å². The first-order valence-corrected chi connectivity index (χ1v) is 3.60. The molecule has 0 bridgehead atoms. The van der Waals surface area contributed by atoms with Crippen LogP contribution in [0, 0.1) is 0 Å². The van der Waals surface area contributed by atoms with Crippen molar-refractivity contribution < 1.29 is 14.7 Å². The fourth-order valence-electron chi connectivity index (χ4n) is 0.704. The molecule has 0 rings (SSSR count). The molecule has 72 valence electrons. The molecule has 0 saturated heterocycles. The number of unbranched alkanes of at least 4 members (excludes halogenated alkanes) is 1. The largest absolute Gasteiger partial charge is 0.465 e. The highest BCUT2D eigenvalue weighted by molar-refractivity contribution is 5.89. The van der Waals surface area contributed by atoms with Gasteiger partial charge in [-0.3, -0.25) is 4.79 Å². The topological polar surface area (TPSA) is 57.6 Å². The van der Waals surface area contributed by atoms with E-state index >= 15 is 0 Å². The molecular formula is C7H14ClNO3. The summed E-state index contributed by atoms with van der Waals surface area (Å²) < 4.78 is 0. The molecule has 0 unspecified atom stereocenters. The lowest BCUT2D eigenvalue weighted by Gasteiger charge is -2.13. The average molecular weight is 196 g/mol. The summed E-state index contributed by atoms with van der Waals surface area (Å²) in [6.07, 6.45) is 0.453. The lowest BCUT2D eigenvalue weighted by atomic mass is 10.3. The molecule has 0 atom stereocenters. The Bertz CT molecular complexity index is 147. The van der Waals surface area contributed by atoms with Gasteiger partial charge in [-0.05, 0) is 6.42 Å². The minimum atomic E-state index is -1.16. The van der Waals surface area contributed by atoms with Gasteiger partial charge in [-0.2, -0.15) is 0 Å². The Kier molecular flexibility index (Phi) is 7.94. The monoisotopic (exact) mass is 195 g/mol. The summed E-state index contributed by atoms with van der Waals surface area (Å²) in [4.78, 5) is 21.8. The lowest BCUT2D eigenvalue weighted by Crippen LogP contribution is -2.34. The van der Waals surface area contributed by atoms with Crippen molar-refractivity contribution in [1.82, 2.24) is 4.90 Å². The Balaban J connectivity index is 0. The quantitative estimate of drug-likeness (QED) is 0.746. The van der Waals surface area contributed by atoms with Crippen LogP contribution in [-0.2, 0) is 4.79 Å². The highest BCUT2D eigenvalue weighted by Gasteiger charge is 2.14. The molecule has 0 spiro atoms. The Hall–Kier alpha value is -0.770. The summed E-state index contributed by atoms with van der Waals surface area (Å²) >= 11 is 0. The summed E-state index contributed by atoms with van der Waals surface area (Å²) in [5.41, 5.74) is 0. The number of amides is 2. The van der Waals surface area contributed by atoms with Crippen molar-refractivity contribution in [1.29, 1.82) is 0 Å². The van der Waals surface area contributed by atoms with Gasteiger partial charge in [0.15, 0.2) is 0 Å². The molecule has 0 aliphatic carbocycles. The van der Waals surface area contributed by atoms with Gasteiger partial charge in [0.2, 0.25) is 5.91 Å². The number of imide groups is 1. The highest BCUT2D eigenvalue weighted by Crippen LogP contribution is 1.95. The molecule has 0 radical (unpaired) electrons. The number of nitrogens with zero attached hydrogens (tertiary/aromatic N) is 1. The van der Waals surface area contributed by atoms with E-state index in [1.807, 2.05) is 6.92 Å². The maximum absolute atomic E-state index is 10.6. The average Bonchev–Trinajstić information content (AvgIpc) is 1.87. The molecule has 0 aromatic rings. The van der Waals surface area contributed by atoms with Gasteiger partial charge in [-0.1, -0.05) is 13.3 Å². The zero-order chi connectivity index (χ0) is 8.85. The van der Waals surface area contributed by atoms with Crippen LogP contribution in [0.5, 0.6) is 0 Å². The van der Waals surface area contributed by atoms with Crippen molar-refractivity contribution >= 4 is 24.4 Å². The summed E-state index contributed by atoms with van der Waals surface area (Å²) in [5, 5.41) is 8.48. The van der Waals surface area contributed by atoms with Crippen molar-refractivity contribution in [2.75, 3.05) is 6.54 Å². The third-order valence-electron chi connectivity index (χ3n) is 1.35. The number of rotatable bonds is 3. The minimum absolute atomic E-state index is 0. The van der Waals surface area contributed by atoms with Gasteiger partial charge in [0.1, 0.15) is 0 Å². The maximum Gasteiger partial charge on any atom is 0.414 e. The first kappa shape index (κ1) is 13.8. The van der Waals surface area contributed by atoms with Crippen molar-refractivity contribution in [3.05, 3.63) is 0 Å². The predicted molar refractivity (Wildman–Crippen MR) is 47.6 cm³/mol. The first-order chi connectivity index (χ1) is 5.09. The molecule has 1 N–H and O–H groups in total. The molecule has 0 fully saturated rings. The van der Waals surface area contributed by atoms with E-state index in [2.05, 4.69) is 0 Å². The normalized spacial score (nSPS) is 8.50. The summed E-state index contributed by atoms with van der Waals surface area (Å²) in [6.45, 7) is 3.51. The molecule has 0 saturated carbocycles. The van der Waals surface area contributed by atoms with Gasteiger partial charge >= 0.3 is 6.09 Å². The Morgan fingerprint density at radius 3 is 2.17 bits per heavy atom. The Labute approximate surface area is 78.0 Å². The second-order valence-corrected chi connectivity index (χ2v) is 2.31. The zero-order valence-electron chi connectivity index (χ0n) is 7.24. The first-order valence-electron chi connectivity index (χ1n) is 3.60. The Morgan fingerprint density at radius 2 is 1.92 bits per heavy atom. The van der Waals surface area contributed by atoms with E-state index in [-0.39, 0.29) is 12.4 Å². The van der Waals surface area contributed by atoms with E-state index in [4.69, 9.17) is 5.11 Å². The molecule has 12 heavy (non-hydrogen) atoms. The fourth-order valence-corrected chi connectivity index (χ4v) is 0.704. The molecule has 0 aromatic heterocycles. The summed E-state index contributed by atoms with van der Waals surface area (Å²) in [6, 6.07) is 0. The Morgan fingerprint density at radius 1 is 1.42 bits per heavy atom. The molecule has 0 aliphatic heterocycles.